The highest BCUT2D eigenvalue weighted by atomic mass is 32.2. The van der Waals surface area contributed by atoms with Gasteiger partial charge in [0, 0.05) is 28.7 Å². The molecule has 1 saturated heterocycles. The summed E-state index contributed by atoms with van der Waals surface area (Å²) in [5.74, 6) is -1.99. The molecule has 1 unspecified atom stereocenters. The smallest absolute Gasteiger partial charge is 0.426 e. The summed E-state index contributed by atoms with van der Waals surface area (Å²) in [5.41, 5.74) is 2.71. The van der Waals surface area contributed by atoms with E-state index >= 15 is 0 Å². The van der Waals surface area contributed by atoms with Crippen LogP contribution in [0.15, 0.2) is 18.2 Å². The van der Waals surface area contributed by atoms with Crippen LogP contribution in [0.25, 0.3) is 0 Å². The lowest BCUT2D eigenvalue weighted by Crippen LogP contribution is -2.47. The lowest BCUT2D eigenvalue weighted by molar-refractivity contribution is -0.284. The van der Waals surface area contributed by atoms with E-state index in [-0.39, 0.29) is 23.2 Å². The van der Waals surface area contributed by atoms with Gasteiger partial charge in [0.15, 0.2) is 0 Å². The van der Waals surface area contributed by atoms with Crippen LogP contribution < -0.4 is 4.74 Å². The predicted molar refractivity (Wildman–Crippen MR) is 187 cm³/mol. The fourth-order valence-electron chi connectivity index (χ4n) is 9.80. The van der Waals surface area contributed by atoms with Crippen molar-refractivity contribution in [3.63, 3.8) is 0 Å². The lowest BCUT2D eigenvalue weighted by Gasteiger charge is -2.53. The molecule has 1 N–H and O–H groups in total. The average molecular weight is 732 g/mol. The molecule has 2 saturated carbocycles. The molecule has 0 amide bonds. The molecule has 7 atom stereocenters. The van der Waals surface area contributed by atoms with Gasteiger partial charge in [0.1, 0.15) is 5.75 Å². The van der Waals surface area contributed by atoms with Crippen molar-refractivity contribution in [1.82, 2.24) is 4.90 Å². The normalized spacial score (nSPS) is 29.2. The van der Waals surface area contributed by atoms with Crippen molar-refractivity contribution in [3.8, 4) is 5.75 Å². The van der Waals surface area contributed by atoms with Gasteiger partial charge in [-0.05, 0) is 130 Å². The molecule has 3 fully saturated rings. The van der Waals surface area contributed by atoms with Crippen molar-refractivity contribution in [2.75, 3.05) is 31.1 Å². The Morgan fingerprint density at radius 2 is 1.62 bits per heavy atom. The number of ether oxygens (including phenoxy) is 1. The highest BCUT2D eigenvalue weighted by molar-refractivity contribution is 7.84. The van der Waals surface area contributed by atoms with E-state index in [4.69, 9.17) is 4.74 Å². The first-order chi connectivity index (χ1) is 23.8. The van der Waals surface area contributed by atoms with E-state index in [0.717, 1.165) is 103 Å². The number of hydrogen-bond donors (Lipinski definition) is 1. The maximum Gasteiger partial charge on any atom is 0.453 e. The third kappa shape index (κ3) is 9.88. The third-order valence-corrected chi connectivity index (χ3v) is 14.1. The highest BCUT2D eigenvalue weighted by Crippen LogP contribution is 2.62. The molecule has 5 nitrogen and oxygen atoms in total. The van der Waals surface area contributed by atoms with Crippen molar-refractivity contribution < 1.29 is 40.8 Å². The second kappa shape index (κ2) is 17.5. The SMILES string of the molecule is C[C@]12CC[C@@H]3c4ccc(OC(=O)CN5CCCCC5)cc4C[C@@H](CCCCCCCCCS(=O)CCCC(F)(F)C(F)(F)F)[C@H]3[C@@H]1CC[C@@H]2O. The second-order valence-electron chi connectivity index (χ2n) is 16.0. The van der Waals surface area contributed by atoms with Crippen molar-refractivity contribution >= 4 is 16.8 Å². The van der Waals surface area contributed by atoms with Crippen LogP contribution in [0.1, 0.15) is 133 Å². The molecular formula is C39H58F5NO4S. The molecule has 0 spiro atoms. The Balaban J connectivity index is 1.07. The zero-order valence-electron chi connectivity index (χ0n) is 29.8. The van der Waals surface area contributed by atoms with Crippen LogP contribution in [-0.4, -0.2) is 69.5 Å². The van der Waals surface area contributed by atoms with E-state index < -0.39 is 35.7 Å². The molecule has 50 heavy (non-hydrogen) atoms. The summed E-state index contributed by atoms with van der Waals surface area (Å²) >= 11 is 0. The molecule has 4 aliphatic rings. The minimum atomic E-state index is -5.55. The average Bonchev–Trinajstić information content (AvgIpc) is 3.37. The number of rotatable bonds is 17. The number of carbonyl (C=O) groups excluding carboxylic acids is 1. The summed E-state index contributed by atoms with van der Waals surface area (Å²) in [6.07, 6.45) is 9.17. The van der Waals surface area contributed by atoms with Gasteiger partial charge in [-0.15, -0.1) is 0 Å². The molecule has 284 valence electrons. The number of hydrogen-bond acceptors (Lipinski definition) is 5. The summed E-state index contributed by atoms with van der Waals surface area (Å²) < 4.78 is 80.9. The minimum Gasteiger partial charge on any atom is -0.426 e. The van der Waals surface area contributed by atoms with Gasteiger partial charge in [-0.25, -0.2) is 0 Å². The van der Waals surface area contributed by atoms with Gasteiger partial charge in [0.25, 0.3) is 0 Å². The van der Waals surface area contributed by atoms with E-state index in [1.54, 1.807) is 0 Å². The van der Waals surface area contributed by atoms with Gasteiger partial charge in [-0.2, -0.15) is 22.0 Å². The molecule has 5 rings (SSSR count). The van der Waals surface area contributed by atoms with E-state index in [0.29, 0.717) is 48.1 Å². The Morgan fingerprint density at radius 1 is 0.940 bits per heavy atom. The fourth-order valence-corrected chi connectivity index (χ4v) is 11.0. The molecule has 11 heteroatoms. The van der Waals surface area contributed by atoms with Gasteiger partial charge >= 0.3 is 18.1 Å². The van der Waals surface area contributed by atoms with Gasteiger partial charge in [-0.1, -0.05) is 57.9 Å². The van der Waals surface area contributed by atoms with Crippen LogP contribution in [0.2, 0.25) is 0 Å². The van der Waals surface area contributed by atoms with E-state index in [1.807, 2.05) is 6.07 Å². The maximum absolute atomic E-state index is 13.0. The van der Waals surface area contributed by atoms with Gasteiger partial charge in [-0.3, -0.25) is 13.9 Å². The van der Waals surface area contributed by atoms with Crippen molar-refractivity contribution in [2.24, 2.45) is 23.2 Å². The first-order valence-electron chi connectivity index (χ1n) is 19.3. The van der Waals surface area contributed by atoms with Crippen LogP contribution in [0, 0.1) is 23.2 Å². The summed E-state index contributed by atoms with van der Waals surface area (Å²) in [4.78, 5) is 15.0. The predicted octanol–water partition coefficient (Wildman–Crippen LogP) is 9.37. The summed E-state index contributed by atoms with van der Waals surface area (Å²) in [6, 6.07) is 6.32. The standard InChI is InChI=1S/C39H58F5NO4S/c1-37-20-18-32-31-15-14-30(49-35(47)27-45-21-9-7-10-22-45)26-29(31)25-28(36(32)33(37)16-17-34(37)46)13-8-5-3-2-4-6-11-23-50(48)24-12-19-38(40,41)39(42,43)44/h14-15,26,28,32-34,36,46H,2-13,16-25,27H2,1H3/t28-,32-,33+,34+,36-,37+,50?/m1/s1. The molecule has 1 heterocycles. The number of carbonyl (C=O) groups is 1. The number of likely N-dealkylation sites (tertiary alicyclic amines) is 1. The number of benzene rings is 1. The number of alkyl halides is 5. The number of piperidine rings is 1. The monoisotopic (exact) mass is 731 g/mol. The number of aliphatic hydroxyl groups excluding tert-OH is 1. The Hall–Kier alpha value is -1.59. The van der Waals surface area contributed by atoms with Crippen molar-refractivity contribution in [2.45, 2.75) is 147 Å². The van der Waals surface area contributed by atoms with E-state index in [2.05, 4.69) is 24.0 Å². The largest absolute Gasteiger partial charge is 0.453 e. The number of aliphatic hydroxyl groups is 1. The number of unbranched alkanes of at least 4 members (excludes halogenated alkanes) is 6. The van der Waals surface area contributed by atoms with Crippen LogP contribution in [-0.2, 0) is 22.0 Å². The molecule has 3 aliphatic carbocycles. The van der Waals surface area contributed by atoms with Gasteiger partial charge in [0.2, 0.25) is 0 Å². The molecule has 1 aromatic carbocycles. The zero-order valence-corrected chi connectivity index (χ0v) is 30.6. The maximum atomic E-state index is 13.0. The second-order valence-corrected chi connectivity index (χ2v) is 17.7. The molecule has 1 aromatic rings. The van der Waals surface area contributed by atoms with Crippen LogP contribution >= 0.6 is 0 Å². The third-order valence-electron chi connectivity index (χ3n) is 12.6. The number of halogens is 5. The fraction of sp³-hybridized carbons (Fsp3) is 0.821. The quantitative estimate of drug-likeness (QED) is 0.0749. The van der Waals surface area contributed by atoms with Crippen molar-refractivity contribution in [3.05, 3.63) is 29.3 Å². The first kappa shape index (κ1) is 39.6. The topological polar surface area (TPSA) is 66.8 Å². The first-order valence-corrected chi connectivity index (χ1v) is 20.8. The number of esters is 1. The van der Waals surface area contributed by atoms with E-state index in [9.17, 15) is 36.1 Å². The van der Waals surface area contributed by atoms with Gasteiger partial charge in [0.05, 0.1) is 12.6 Å². The van der Waals surface area contributed by atoms with Crippen LogP contribution in [0.4, 0.5) is 22.0 Å². The van der Waals surface area contributed by atoms with Crippen LogP contribution in [0.5, 0.6) is 5.75 Å². The highest BCUT2D eigenvalue weighted by Gasteiger charge is 2.57. The van der Waals surface area contributed by atoms with Gasteiger partial charge < -0.3 is 9.84 Å². The van der Waals surface area contributed by atoms with Crippen LogP contribution in [0.3, 0.4) is 0 Å². The molecule has 0 bridgehead atoms. The summed E-state index contributed by atoms with van der Waals surface area (Å²) in [7, 11) is -1.37. The minimum absolute atomic E-state index is 0.0152. The summed E-state index contributed by atoms with van der Waals surface area (Å²) in [6.45, 7) is 4.55. The molecular weight excluding hydrogens is 673 g/mol. The molecule has 1 aliphatic heterocycles. The summed E-state index contributed by atoms with van der Waals surface area (Å²) in [5, 5.41) is 11.0. The Kier molecular flexibility index (Phi) is 13.9. The molecule has 0 radical (unpaired) electrons. The number of fused-ring (bicyclic) bond motifs is 5. The van der Waals surface area contributed by atoms with Crippen molar-refractivity contribution in [1.29, 1.82) is 0 Å². The zero-order chi connectivity index (χ0) is 35.9. The van der Waals surface area contributed by atoms with E-state index in [1.165, 1.54) is 17.5 Å². The lowest BCUT2D eigenvalue weighted by atomic mass is 9.52. The Morgan fingerprint density at radius 3 is 2.34 bits per heavy atom. The molecule has 0 aromatic heterocycles. The Labute approximate surface area is 297 Å². The Bertz CT molecular complexity index is 1290. The number of nitrogens with zero attached hydrogens (tertiary/aromatic N) is 1.